The van der Waals surface area contributed by atoms with E-state index in [-0.39, 0.29) is 10.7 Å². The van der Waals surface area contributed by atoms with Crippen LogP contribution in [0.3, 0.4) is 0 Å². The first-order chi connectivity index (χ1) is 13.1. The summed E-state index contributed by atoms with van der Waals surface area (Å²) in [5.74, 6) is 0.166. The van der Waals surface area contributed by atoms with Crippen molar-refractivity contribution in [3.8, 4) is 6.07 Å². The smallest absolute Gasteiger partial charge is 0.0670 e. The number of pyridine rings is 1. The fourth-order valence-corrected chi connectivity index (χ4v) is 5.80. The van der Waals surface area contributed by atoms with Crippen LogP contribution in [0.4, 0.5) is 0 Å². The maximum atomic E-state index is 9.63. The molecule has 3 atom stereocenters. The minimum atomic E-state index is 0.0682. The van der Waals surface area contributed by atoms with Gasteiger partial charge in [-0.15, -0.1) is 0 Å². The van der Waals surface area contributed by atoms with Crippen molar-refractivity contribution >= 4 is 11.8 Å². The van der Waals surface area contributed by atoms with Gasteiger partial charge < -0.3 is 0 Å². The molecule has 1 aromatic heterocycles. The molecule has 0 N–H and O–H groups in total. The highest BCUT2D eigenvalue weighted by atomic mass is 32.2. The summed E-state index contributed by atoms with van der Waals surface area (Å²) in [4.78, 5) is 4.37. The van der Waals surface area contributed by atoms with E-state index in [0.29, 0.717) is 5.25 Å². The Kier molecular flexibility index (Phi) is 6.60. The molecule has 1 saturated heterocycles. The van der Waals surface area contributed by atoms with Crippen molar-refractivity contribution < 1.29 is 0 Å². The maximum absolute atomic E-state index is 9.63. The Balaban J connectivity index is 1.71. The van der Waals surface area contributed by atoms with Crippen LogP contribution in [0.1, 0.15) is 62.3 Å². The Morgan fingerprint density at radius 2 is 1.89 bits per heavy atom. The normalized spacial score (nSPS) is 24.7. The molecule has 3 rings (SSSR count). The van der Waals surface area contributed by atoms with Crippen LogP contribution in [0, 0.1) is 17.2 Å². The maximum Gasteiger partial charge on any atom is 0.0670 e. The van der Waals surface area contributed by atoms with Crippen LogP contribution < -0.4 is 0 Å². The Labute approximate surface area is 168 Å². The van der Waals surface area contributed by atoms with Gasteiger partial charge in [-0.1, -0.05) is 38.1 Å². The molecule has 1 aromatic carbocycles. The lowest BCUT2D eigenvalue weighted by Crippen LogP contribution is -2.26. The zero-order valence-corrected chi connectivity index (χ0v) is 17.6. The van der Waals surface area contributed by atoms with E-state index in [1.165, 1.54) is 22.3 Å². The number of nitrogens with zero attached hydrogens (tertiary/aromatic N) is 2. The molecule has 2 nitrogen and oxygen atoms in total. The van der Waals surface area contributed by atoms with Crippen LogP contribution in [0.15, 0.2) is 42.7 Å². The average molecular weight is 379 g/mol. The lowest BCUT2D eigenvalue weighted by molar-refractivity contribution is 0.457. The van der Waals surface area contributed by atoms with Gasteiger partial charge in [-0.25, -0.2) is 0 Å². The largest absolute Gasteiger partial charge is 0.264 e. The van der Waals surface area contributed by atoms with Gasteiger partial charge >= 0.3 is 0 Å². The Bertz CT molecular complexity index is 793. The second-order valence-corrected chi connectivity index (χ2v) is 9.70. The van der Waals surface area contributed by atoms with Crippen LogP contribution >= 0.6 is 11.8 Å². The van der Waals surface area contributed by atoms with Gasteiger partial charge in [-0.2, -0.15) is 17.0 Å². The van der Waals surface area contributed by atoms with E-state index in [1.54, 1.807) is 0 Å². The van der Waals surface area contributed by atoms with Gasteiger partial charge in [0.25, 0.3) is 0 Å². The van der Waals surface area contributed by atoms with Crippen molar-refractivity contribution in [2.24, 2.45) is 5.92 Å². The van der Waals surface area contributed by atoms with Crippen LogP contribution in [-0.2, 0) is 19.3 Å². The predicted molar refractivity (Wildman–Crippen MR) is 115 cm³/mol. The number of aryl methyl sites for hydroxylation is 2. The van der Waals surface area contributed by atoms with Gasteiger partial charge in [0, 0.05) is 22.4 Å². The van der Waals surface area contributed by atoms with Crippen molar-refractivity contribution in [3.05, 3.63) is 65.0 Å². The molecule has 0 saturated carbocycles. The number of thioether (sulfide) groups is 1. The minimum Gasteiger partial charge on any atom is -0.264 e. The zero-order valence-electron chi connectivity index (χ0n) is 16.7. The molecule has 1 fully saturated rings. The number of benzene rings is 1. The summed E-state index contributed by atoms with van der Waals surface area (Å²) in [5.41, 5.74) is 5.41. The minimum absolute atomic E-state index is 0.0682. The summed E-state index contributed by atoms with van der Waals surface area (Å²) in [6, 6.07) is 13.7. The second-order valence-electron chi connectivity index (χ2n) is 7.87. The number of hydrogen-bond donors (Lipinski definition) is 0. The molecule has 1 aliphatic heterocycles. The summed E-state index contributed by atoms with van der Waals surface area (Å²) < 4.78 is 0.0682. The molecular formula is C24H30N2S. The first-order valence-electron chi connectivity index (χ1n) is 10.1. The Morgan fingerprint density at radius 1 is 1.15 bits per heavy atom. The number of hydrogen-bond acceptors (Lipinski definition) is 3. The molecule has 0 radical (unpaired) electrons. The molecular weight excluding hydrogens is 348 g/mol. The summed E-state index contributed by atoms with van der Waals surface area (Å²) in [5, 5.41) is 10.3. The van der Waals surface area contributed by atoms with Gasteiger partial charge in [0.2, 0.25) is 0 Å². The van der Waals surface area contributed by atoms with Crippen molar-refractivity contribution in [3.63, 3.8) is 0 Å². The first kappa shape index (κ1) is 20.0. The number of rotatable bonds is 7. The molecule has 0 aliphatic carbocycles. The summed E-state index contributed by atoms with van der Waals surface area (Å²) >= 11 is 2.04. The lowest BCUT2D eigenvalue weighted by Gasteiger charge is -2.27. The van der Waals surface area contributed by atoms with Gasteiger partial charge in [0.05, 0.1) is 12.0 Å². The Hall–Kier alpha value is -1.79. The fourth-order valence-electron chi connectivity index (χ4n) is 4.05. The standard InChI is InChI=1S/C24H30N2S/c1-4-18-6-8-19(9-7-18)14-21-17-26-13-11-20(21)10-12-24(3)22(16-25)15-23(5-2)27-24/h6-9,11,13,17,22-23H,4-5,10,12,14-15H2,1-3H3. The average Bonchev–Trinajstić information content (AvgIpc) is 3.04. The fraction of sp³-hybridized carbons (Fsp3) is 0.500. The van der Waals surface area contributed by atoms with E-state index >= 15 is 0 Å². The molecule has 3 unspecified atom stereocenters. The third-order valence-corrected chi connectivity index (χ3v) is 7.89. The van der Waals surface area contributed by atoms with Crippen LogP contribution in [0.2, 0.25) is 0 Å². The third-order valence-electron chi connectivity index (χ3n) is 6.00. The molecule has 0 bridgehead atoms. The third kappa shape index (κ3) is 4.74. The van der Waals surface area contributed by atoms with Crippen LogP contribution in [-0.4, -0.2) is 15.0 Å². The molecule has 2 aromatic rings. The molecule has 3 heteroatoms. The number of aromatic nitrogens is 1. The molecule has 27 heavy (non-hydrogen) atoms. The zero-order chi connectivity index (χ0) is 19.3. The first-order valence-corrected chi connectivity index (χ1v) is 11.0. The highest BCUT2D eigenvalue weighted by molar-refractivity contribution is 8.01. The van der Waals surface area contributed by atoms with Crippen molar-refractivity contribution in [1.82, 2.24) is 4.98 Å². The highest BCUT2D eigenvalue weighted by Gasteiger charge is 2.43. The van der Waals surface area contributed by atoms with E-state index in [4.69, 9.17) is 0 Å². The second kappa shape index (κ2) is 8.93. The monoisotopic (exact) mass is 378 g/mol. The van der Waals surface area contributed by atoms with Gasteiger partial charge in [-0.05, 0) is 73.8 Å². The summed E-state index contributed by atoms with van der Waals surface area (Å²) in [7, 11) is 0. The summed E-state index contributed by atoms with van der Waals surface area (Å²) in [6.45, 7) is 6.72. The van der Waals surface area contributed by atoms with Crippen molar-refractivity contribution in [2.45, 2.75) is 69.3 Å². The SMILES string of the molecule is CCc1ccc(Cc2cnccc2CCC2(C)SC(CC)CC2C#N)cc1. The molecule has 142 valence electrons. The van der Waals surface area contributed by atoms with Crippen molar-refractivity contribution in [1.29, 1.82) is 5.26 Å². The lowest BCUT2D eigenvalue weighted by atomic mass is 9.85. The molecule has 2 heterocycles. The van der Waals surface area contributed by atoms with Gasteiger partial charge in [-0.3, -0.25) is 4.98 Å². The topological polar surface area (TPSA) is 36.7 Å². The van der Waals surface area contributed by atoms with Crippen LogP contribution in [0.5, 0.6) is 0 Å². The van der Waals surface area contributed by atoms with E-state index < -0.39 is 0 Å². The van der Waals surface area contributed by atoms with E-state index in [1.807, 2.05) is 24.2 Å². The van der Waals surface area contributed by atoms with E-state index in [2.05, 4.69) is 62.2 Å². The highest BCUT2D eigenvalue weighted by Crippen LogP contribution is 2.50. The molecule has 1 aliphatic rings. The van der Waals surface area contributed by atoms with E-state index in [9.17, 15) is 5.26 Å². The predicted octanol–water partition coefficient (Wildman–Crippen LogP) is 5.98. The molecule has 0 spiro atoms. The van der Waals surface area contributed by atoms with Gasteiger partial charge in [0.1, 0.15) is 0 Å². The van der Waals surface area contributed by atoms with Crippen molar-refractivity contribution in [2.75, 3.05) is 0 Å². The van der Waals surface area contributed by atoms with E-state index in [0.717, 1.165) is 38.5 Å². The van der Waals surface area contributed by atoms with Gasteiger partial charge in [0.15, 0.2) is 0 Å². The quantitative estimate of drug-likeness (QED) is 0.594. The summed E-state index contributed by atoms with van der Waals surface area (Å²) in [6.07, 6.45) is 10.2. The number of nitriles is 1. The van der Waals surface area contributed by atoms with Crippen LogP contribution in [0.25, 0.3) is 0 Å². The molecule has 0 amide bonds. The Morgan fingerprint density at radius 3 is 2.56 bits per heavy atom.